The molecule has 0 atom stereocenters. The summed E-state index contributed by atoms with van der Waals surface area (Å²) in [7, 11) is 0. The summed E-state index contributed by atoms with van der Waals surface area (Å²) in [6, 6.07) is 14.0. The van der Waals surface area contributed by atoms with E-state index in [-0.39, 0.29) is 5.91 Å². The van der Waals surface area contributed by atoms with Crippen LogP contribution in [0.4, 0.5) is 0 Å². The number of fused-ring (bicyclic) bond motifs is 1. The summed E-state index contributed by atoms with van der Waals surface area (Å²) in [5, 5.41) is 5.16. The molecule has 1 aromatic heterocycles. The zero-order valence-corrected chi connectivity index (χ0v) is 14.6. The van der Waals surface area contributed by atoms with Crippen molar-refractivity contribution in [3.63, 3.8) is 0 Å². The number of hydrogen-bond donors (Lipinski definition) is 1. The molecule has 0 fully saturated rings. The third kappa shape index (κ3) is 4.57. The number of ether oxygens (including phenoxy) is 1. The minimum Gasteiger partial charge on any atom is -0.493 e. The van der Waals surface area contributed by atoms with Gasteiger partial charge in [0, 0.05) is 24.3 Å². The Kier molecular flexibility index (Phi) is 5.29. The molecule has 128 valence electrons. The molecule has 2 aromatic carbocycles. The van der Waals surface area contributed by atoms with Crippen LogP contribution in [0.25, 0.3) is 10.8 Å². The Bertz CT molecular complexity index is 890. The lowest BCUT2D eigenvalue weighted by atomic mass is 10.1. The van der Waals surface area contributed by atoms with Crippen LogP contribution in [0.3, 0.4) is 0 Å². The second-order valence-electron chi connectivity index (χ2n) is 6.18. The Morgan fingerprint density at radius 3 is 2.76 bits per heavy atom. The fraction of sp³-hybridized carbons (Fsp3) is 0.238. The Morgan fingerprint density at radius 2 is 1.92 bits per heavy atom. The van der Waals surface area contributed by atoms with Crippen molar-refractivity contribution in [2.24, 2.45) is 0 Å². The molecule has 0 spiro atoms. The van der Waals surface area contributed by atoms with E-state index in [0.717, 1.165) is 22.1 Å². The SMILES string of the molecule is Cc1ccc(OCCC(=O)NCc2ccc3cnccc3c2)cc1C. The van der Waals surface area contributed by atoms with Crippen molar-refractivity contribution in [3.8, 4) is 5.75 Å². The van der Waals surface area contributed by atoms with Gasteiger partial charge in [-0.05, 0) is 60.2 Å². The molecule has 0 aliphatic rings. The first kappa shape index (κ1) is 17.0. The minimum absolute atomic E-state index is 0.0151. The van der Waals surface area contributed by atoms with Gasteiger partial charge < -0.3 is 10.1 Å². The van der Waals surface area contributed by atoms with Gasteiger partial charge in [0.05, 0.1) is 13.0 Å². The van der Waals surface area contributed by atoms with Crippen LogP contribution in [0, 0.1) is 13.8 Å². The van der Waals surface area contributed by atoms with Crippen molar-refractivity contribution in [2.45, 2.75) is 26.8 Å². The first-order valence-corrected chi connectivity index (χ1v) is 8.41. The Hall–Kier alpha value is -2.88. The molecule has 0 aliphatic carbocycles. The predicted octanol–water partition coefficient (Wildman–Crippen LogP) is 3.94. The first-order chi connectivity index (χ1) is 12.1. The zero-order chi connectivity index (χ0) is 17.6. The van der Waals surface area contributed by atoms with E-state index in [1.807, 2.05) is 42.6 Å². The van der Waals surface area contributed by atoms with Crippen molar-refractivity contribution in [1.82, 2.24) is 10.3 Å². The average molecular weight is 334 g/mol. The molecule has 25 heavy (non-hydrogen) atoms. The number of benzene rings is 2. The van der Waals surface area contributed by atoms with E-state index in [1.54, 1.807) is 6.20 Å². The molecular formula is C21H22N2O2. The van der Waals surface area contributed by atoms with Gasteiger partial charge in [-0.2, -0.15) is 0 Å². The topological polar surface area (TPSA) is 51.2 Å². The monoisotopic (exact) mass is 334 g/mol. The van der Waals surface area contributed by atoms with Gasteiger partial charge in [0.1, 0.15) is 5.75 Å². The fourth-order valence-corrected chi connectivity index (χ4v) is 2.60. The molecule has 3 aromatic rings. The van der Waals surface area contributed by atoms with E-state index in [4.69, 9.17) is 4.74 Å². The van der Waals surface area contributed by atoms with Crippen molar-refractivity contribution < 1.29 is 9.53 Å². The van der Waals surface area contributed by atoms with Gasteiger partial charge >= 0.3 is 0 Å². The number of nitrogens with one attached hydrogen (secondary N) is 1. The smallest absolute Gasteiger partial charge is 0.223 e. The highest BCUT2D eigenvalue weighted by Crippen LogP contribution is 2.17. The number of carbonyl (C=O) groups is 1. The van der Waals surface area contributed by atoms with Crippen LogP contribution >= 0.6 is 0 Å². The first-order valence-electron chi connectivity index (χ1n) is 8.41. The Labute approximate surface area is 147 Å². The van der Waals surface area contributed by atoms with Crippen molar-refractivity contribution in [2.75, 3.05) is 6.61 Å². The highest BCUT2D eigenvalue weighted by Gasteiger charge is 2.04. The molecular weight excluding hydrogens is 312 g/mol. The molecule has 4 nitrogen and oxygen atoms in total. The predicted molar refractivity (Wildman–Crippen MR) is 99.6 cm³/mol. The summed E-state index contributed by atoms with van der Waals surface area (Å²) in [5.74, 6) is 0.790. The van der Waals surface area contributed by atoms with Crippen LogP contribution in [-0.2, 0) is 11.3 Å². The maximum atomic E-state index is 12.0. The van der Waals surface area contributed by atoms with Crippen molar-refractivity contribution in [1.29, 1.82) is 0 Å². The van der Waals surface area contributed by atoms with Gasteiger partial charge in [-0.15, -0.1) is 0 Å². The summed E-state index contributed by atoms with van der Waals surface area (Å²) >= 11 is 0. The molecule has 0 aliphatic heterocycles. The number of pyridine rings is 1. The maximum Gasteiger partial charge on any atom is 0.223 e. The second-order valence-corrected chi connectivity index (χ2v) is 6.18. The lowest BCUT2D eigenvalue weighted by Gasteiger charge is -2.09. The average Bonchev–Trinajstić information content (AvgIpc) is 2.63. The Morgan fingerprint density at radius 1 is 1.04 bits per heavy atom. The standard InChI is InChI=1S/C21H22N2O2/c1-15-3-6-20(11-16(15)2)25-10-8-21(24)23-13-17-4-5-19-14-22-9-7-18(19)12-17/h3-7,9,11-12,14H,8,10,13H2,1-2H3,(H,23,24). The third-order valence-corrected chi connectivity index (χ3v) is 4.27. The van der Waals surface area contributed by atoms with Crippen molar-refractivity contribution in [3.05, 3.63) is 71.5 Å². The second kappa shape index (κ2) is 7.79. The quantitative estimate of drug-likeness (QED) is 0.743. The normalized spacial score (nSPS) is 10.6. The number of amides is 1. The molecule has 0 radical (unpaired) electrons. The highest BCUT2D eigenvalue weighted by atomic mass is 16.5. The Balaban J connectivity index is 1.46. The van der Waals surface area contributed by atoms with Crippen LogP contribution in [0.2, 0.25) is 0 Å². The molecule has 1 heterocycles. The summed E-state index contributed by atoms with van der Waals surface area (Å²) in [4.78, 5) is 16.1. The lowest BCUT2D eigenvalue weighted by molar-refractivity contribution is -0.121. The number of aryl methyl sites for hydroxylation is 2. The summed E-state index contributed by atoms with van der Waals surface area (Å²) in [5.41, 5.74) is 3.49. The van der Waals surface area contributed by atoms with Crippen LogP contribution in [0.5, 0.6) is 5.75 Å². The summed E-state index contributed by atoms with van der Waals surface area (Å²) in [6.07, 6.45) is 3.95. The van der Waals surface area contributed by atoms with Crippen LogP contribution in [0.15, 0.2) is 54.9 Å². The number of nitrogens with zero attached hydrogens (tertiary/aromatic N) is 1. The molecule has 1 amide bonds. The van der Waals surface area contributed by atoms with Gasteiger partial charge in [-0.25, -0.2) is 0 Å². The molecule has 1 N–H and O–H groups in total. The maximum absolute atomic E-state index is 12.0. The third-order valence-electron chi connectivity index (χ3n) is 4.27. The van der Waals surface area contributed by atoms with E-state index in [2.05, 4.69) is 30.2 Å². The van der Waals surface area contributed by atoms with E-state index in [0.29, 0.717) is 19.6 Å². The van der Waals surface area contributed by atoms with Gasteiger partial charge in [0.2, 0.25) is 5.91 Å². The molecule has 0 unspecified atom stereocenters. The van der Waals surface area contributed by atoms with Gasteiger partial charge in [-0.3, -0.25) is 9.78 Å². The van der Waals surface area contributed by atoms with Crippen molar-refractivity contribution >= 4 is 16.7 Å². The number of carbonyl (C=O) groups excluding carboxylic acids is 1. The van der Waals surface area contributed by atoms with E-state index in [9.17, 15) is 4.79 Å². The minimum atomic E-state index is -0.0151. The largest absolute Gasteiger partial charge is 0.493 e. The van der Waals surface area contributed by atoms with Gasteiger partial charge in [0.15, 0.2) is 0 Å². The van der Waals surface area contributed by atoms with Crippen LogP contribution < -0.4 is 10.1 Å². The fourth-order valence-electron chi connectivity index (χ4n) is 2.60. The zero-order valence-electron chi connectivity index (χ0n) is 14.6. The number of hydrogen-bond acceptors (Lipinski definition) is 3. The lowest BCUT2D eigenvalue weighted by Crippen LogP contribution is -2.24. The number of aromatic nitrogens is 1. The van der Waals surface area contributed by atoms with E-state index in [1.165, 1.54) is 11.1 Å². The molecule has 4 heteroatoms. The summed E-state index contributed by atoms with van der Waals surface area (Å²) < 4.78 is 5.65. The van der Waals surface area contributed by atoms with Gasteiger partial charge in [0.25, 0.3) is 0 Å². The molecule has 0 saturated heterocycles. The van der Waals surface area contributed by atoms with Crippen LogP contribution in [-0.4, -0.2) is 17.5 Å². The molecule has 3 rings (SSSR count). The highest BCUT2D eigenvalue weighted by molar-refractivity contribution is 5.82. The van der Waals surface area contributed by atoms with E-state index < -0.39 is 0 Å². The number of rotatable bonds is 6. The van der Waals surface area contributed by atoms with Gasteiger partial charge in [-0.1, -0.05) is 18.2 Å². The van der Waals surface area contributed by atoms with Crippen LogP contribution in [0.1, 0.15) is 23.1 Å². The van der Waals surface area contributed by atoms with E-state index >= 15 is 0 Å². The summed E-state index contributed by atoms with van der Waals surface area (Å²) in [6.45, 7) is 5.00. The molecule has 0 bridgehead atoms. The molecule has 0 saturated carbocycles.